The molecule has 0 bridgehead atoms. The lowest BCUT2D eigenvalue weighted by atomic mass is 10.3. The van der Waals surface area contributed by atoms with Gasteiger partial charge in [-0.05, 0) is 24.1 Å². The van der Waals surface area contributed by atoms with E-state index >= 15 is 0 Å². The molecule has 0 N–H and O–H groups in total. The lowest BCUT2D eigenvalue weighted by molar-refractivity contribution is 0.415. The van der Waals surface area contributed by atoms with Crippen molar-refractivity contribution in [2.24, 2.45) is 5.11 Å². The van der Waals surface area contributed by atoms with Crippen LogP contribution in [0, 0.1) is 0 Å². The Kier molecular flexibility index (Phi) is 15.6. The highest BCUT2D eigenvalue weighted by Crippen LogP contribution is 2.05. The number of unbranched alkanes of at least 4 members (excludes halogenated alkanes) is 2. The summed E-state index contributed by atoms with van der Waals surface area (Å²) in [6.45, 7) is 2.78. The SMILES string of the molecule is CCCCCN=[N+]=[N-].COc1ccccc1.S. The zero-order valence-electron chi connectivity index (χ0n) is 10.5. The van der Waals surface area contributed by atoms with Crippen LogP contribution in [0.1, 0.15) is 26.2 Å². The third-order valence-corrected chi connectivity index (χ3v) is 1.90. The van der Waals surface area contributed by atoms with Gasteiger partial charge in [-0.1, -0.05) is 43.1 Å². The van der Waals surface area contributed by atoms with Gasteiger partial charge in [0.1, 0.15) is 5.75 Å². The summed E-state index contributed by atoms with van der Waals surface area (Å²) < 4.78 is 4.91. The molecule has 1 rings (SSSR count). The lowest BCUT2D eigenvalue weighted by Crippen LogP contribution is -1.78. The Morgan fingerprint density at radius 1 is 1.24 bits per heavy atom. The average molecular weight is 255 g/mol. The van der Waals surface area contributed by atoms with Gasteiger partial charge in [0, 0.05) is 11.5 Å². The molecule has 0 saturated heterocycles. The molecule has 5 heteroatoms. The summed E-state index contributed by atoms with van der Waals surface area (Å²) in [5, 5.41) is 3.39. The normalized spacial score (nSPS) is 7.88. The minimum Gasteiger partial charge on any atom is -0.497 e. The fourth-order valence-electron chi connectivity index (χ4n) is 1.03. The smallest absolute Gasteiger partial charge is 0.118 e. The van der Waals surface area contributed by atoms with Crippen LogP contribution >= 0.6 is 13.5 Å². The van der Waals surface area contributed by atoms with Gasteiger partial charge >= 0.3 is 0 Å². The zero-order chi connectivity index (χ0) is 12.1. The summed E-state index contributed by atoms with van der Waals surface area (Å²) in [5.74, 6) is 0.910. The predicted octanol–water partition coefficient (Wildman–Crippen LogP) is 4.29. The third kappa shape index (κ3) is 12.6. The van der Waals surface area contributed by atoms with Crippen LogP contribution in [-0.2, 0) is 0 Å². The van der Waals surface area contributed by atoms with Crippen LogP contribution in [0.4, 0.5) is 0 Å². The molecular weight excluding hydrogens is 234 g/mol. The van der Waals surface area contributed by atoms with E-state index in [-0.39, 0.29) is 13.5 Å². The molecule has 0 radical (unpaired) electrons. The molecule has 0 spiro atoms. The van der Waals surface area contributed by atoms with Crippen molar-refractivity contribution in [3.8, 4) is 5.75 Å². The van der Waals surface area contributed by atoms with Crippen LogP contribution in [0.25, 0.3) is 10.4 Å². The Balaban J connectivity index is 0. The van der Waals surface area contributed by atoms with Crippen LogP contribution < -0.4 is 4.74 Å². The molecule has 0 aliphatic heterocycles. The molecule has 0 atom stereocenters. The fourth-order valence-corrected chi connectivity index (χ4v) is 1.03. The van der Waals surface area contributed by atoms with E-state index in [2.05, 4.69) is 16.9 Å². The maximum atomic E-state index is 7.82. The van der Waals surface area contributed by atoms with Crippen molar-refractivity contribution in [3.05, 3.63) is 40.8 Å². The fraction of sp³-hybridized carbons (Fsp3) is 0.500. The standard InChI is InChI=1S/C7H8O.C5H11N3.H2S/c1-8-7-5-3-2-4-6-7;1-2-3-4-5-7-8-6;/h2-6H,1H3;2-5H2,1H3;1H2. The molecule has 96 valence electrons. The maximum Gasteiger partial charge on any atom is 0.118 e. The molecule has 0 amide bonds. The summed E-state index contributed by atoms with van der Waals surface area (Å²) in [6, 6.07) is 9.68. The number of ether oxygens (including phenoxy) is 1. The minimum absolute atomic E-state index is 0. The van der Waals surface area contributed by atoms with Crippen molar-refractivity contribution in [2.75, 3.05) is 13.7 Å². The summed E-state index contributed by atoms with van der Waals surface area (Å²) >= 11 is 0. The van der Waals surface area contributed by atoms with Crippen LogP contribution in [-0.4, -0.2) is 13.7 Å². The van der Waals surface area contributed by atoms with E-state index in [0.29, 0.717) is 6.54 Å². The van der Waals surface area contributed by atoms with Gasteiger partial charge in [-0.15, -0.1) is 0 Å². The van der Waals surface area contributed by atoms with E-state index in [1.807, 2.05) is 30.3 Å². The summed E-state index contributed by atoms with van der Waals surface area (Å²) in [6.07, 6.45) is 3.38. The molecule has 0 heterocycles. The Morgan fingerprint density at radius 2 is 1.88 bits per heavy atom. The first kappa shape index (κ1) is 18.1. The van der Waals surface area contributed by atoms with E-state index in [4.69, 9.17) is 10.3 Å². The van der Waals surface area contributed by atoms with Gasteiger partial charge in [-0.2, -0.15) is 13.5 Å². The number of methoxy groups -OCH3 is 1. The third-order valence-electron chi connectivity index (χ3n) is 1.90. The van der Waals surface area contributed by atoms with Crippen molar-refractivity contribution in [1.29, 1.82) is 0 Å². The zero-order valence-corrected chi connectivity index (χ0v) is 11.5. The topological polar surface area (TPSA) is 58.0 Å². The van der Waals surface area contributed by atoms with Crippen molar-refractivity contribution >= 4 is 13.5 Å². The molecule has 1 aromatic carbocycles. The number of nitrogens with zero attached hydrogens (tertiary/aromatic N) is 3. The Labute approximate surface area is 110 Å². The average Bonchev–Trinajstić information content (AvgIpc) is 2.36. The van der Waals surface area contributed by atoms with Crippen LogP contribution in [0.2, 0.25) is 0 Å². The van der Waals surface area contributed by atoms with Crippen molar-refractivity contribution in [2.45, 2.75) is 26.2 Å². The highest BCUT2D eigenvalue weighted by atomic mass is 32.1. The second-order valence-electron chi connectivity index (χ2n) is 3.18. The highest BCUT2D eigenvalue weighted by Gasteiger charge is 1.80. The second kappa shape index (κ2) is 14.7. The number of rotatable bonds is 5. The first-order valence-corrected chi connectivity index (χ1v) is 5.45. The maximum absolute atomic E-state index is 7.82. The van der Waals surface area contributed by atoms with Gasteiger partial charge in [-0.25, -0.2) is 0 Å². The van der Waals surface area contributed by atoms with E-state index < -0.39 is 0 Å². The van der Waals surface area contributed by atoms with Crippen molar-refractivity contribution < 1.29 is 4.74 Å². The summed E-state index contributed by atoms with van der Waals surface area (Å²) in [7, 11) is 1.66. The molecule has 0 saturated carbocycles. The molecule has 4 nitrogen and oxygen atoms in total. The summed E-state index contributed by atoms with van der Waals surface area (Å²) in [4.78, 5) is 2.63. The quantitative estimate of drug-likeness (QED) is 0.335. The van der Waals surface area contributed by atoms with Gasteiger partial charge in [0.25, 0.3) is 0 Å². The van der Waals surface area contributed by atoms with Gasteiger partial charge in [0.2, 0.25) is 0 Å². The van der Waals surface area contributed by atoms with E-state index in [9.17, 15) is 0 Å². The van der Waals surface area contributed by atoms with Crippen molar-refractivity contribution in [3.63, 3.8) is 0 Å². The molecule has 0 aliphatic carbocycles. The molecule has 0 fully saturated rings. The largest absolute Gasteiger partial charge is 0.497 e. The second-order valence-corrected chi connectivity index (χ2v) is 3.18. The highest BCUT2D eigenvalue weighted by molar-refractivity contribution is 7.59. The van der Waals surface area contributed by atoms with Gasteiger partial charge in [0.05, 0.1) is 7.11 Å². The molecule has 1 aromatic rings. The first-order valence-electron chi connectivity index (χ1n) is 5.45. The number of para-hydroxylation sites is 1. The molecule has 0 unspecified atom stereocenters. The minimum atomic E-state index is 0. The molecule has 17 heavy (non-hydrogen) atoms. The van der Waals surface area contributed by atoms with Gasteiger partial charge in [-0.3, -0.25) is 0 Å². The number of hydrogen-bond acceptors (Lipinski definition) is 2. The molecular formula is C12H21N3OS. The van der Waals surface area contributed by atoms with Crippen LogP contribution in [0.5, 0.6) is 5.75 Å². The number of benzene rings is 1. The monoisotopic (exact) mass is 255 g/mol. The van der Waals surface area contributed by atoms with Gasteiger partial charge < -0.3 is 4.74 Å². The lowest BCUT2D eigenvalue weighted by Gasteiger charge is -1.93. The van der Waals surface area contributed by atoms with Crippen LogP contribution in [0.15, 0.2) is 35.4 Å². The van der Waals surface area contributed by atoms with Crippen LogP contribution in [0.3, 0.4) is 0 Å². The van der Waals surface area contributed by atoms with Crippen molar-refractivity contribution in [1.82, 2.24) is 0 Å². The Morgan fingerprint density at radius 3 is 2.29 bits per heavy atom. The van der Waals surface area contributed by atoms with Gasteiger partial charge in [0.15, 0.2) is 0 Å². The number of hydrogen-bond donors (Lipinski definition) is 0. The van der Waals surface area contributed by atoms with E-state index in [1.165, 1.54) is 12.8 Å². The molecule has 0 aliphatic rings. The number of azide groups is 1. The molecule has 0 aromatic heterocycles. The first-order chi connectivity index (χ1) is 7.85. The predicted molar refractivity (Wildman–Crippen MR) is 76.9 cm³/mol. The van der Waals surface area contributed by atoms with E-state index in [1.54, 1.807) is 7.11 Å². The Bertz CT molecular complexity index is 300. The summed E-state index contributed by atoms with van der Waals surface area (Å²) in [5.41, 5.74) is 7.82. The Hall–Kier alpha value is -1.32. The van der Waals surface area contributed by atoms with E-state index in [0.717, 1.165) is 12.2 Å².